The molecule has 1 saturated carbocycles. The van der Waals surface area contributed by atoms with Gasteiger partial charge in [0.15, 0.2) is 17.5 Å². The molecule has 2 rings (SSSR count). The lowest BCUT2D eigenvalue weighted by Gasteiger charge is -2.15. The number of nitrogens with one attached hydrogen (secondary N) is 1. The first-order chi connectivity index (χ1) is 8.99. The maximum Gasteiger partial charge on any atom is 0.242 e. The van der Waals surface area contributed by atoms with Gasteiger partial charge in [0, 0.05) is 6.04 Å². The van der Waals surface area contributed by atoms with Crippen molar-refractivity contribution >= 4 is 17.5 Å². The zero-order valence-corrected chi connectivity index (χ0v) is 10.8. The Bertz CT molecular complexity index is 466. The molecule has 19 heavy (non-hydrogen) atoms. The maximum absolute atomic E-state index is 13.1. The van der Waals surface area contributed by atoms with E-state index < -0.39 is 28.7 Å². The highest BCUT2D eigenvalue weighted by atomic mass is 35.5. The fourth-order valence-electron chi connectivity index (χ4n) is 2.22. The minimum Gasteiger partial charge on any atom is -0.352 e. The van der Waals surface area contributed by atoms with Crippen LogP contribution in [-0.2, 0) is 4.79 Å². The quantitative estimate of drug-likeness (QED) is 0.671. The summed E-state index contributed by atoms with van der Waals surface area (Å²) in [6, 6.07) is 1.54. The van der Waals surface area contributed by atoms with Crippen molar-refractivity contribution in [3.05, 3.63) is 35.1 Å². The largest absolute Gasteiger partial charge is 0.352 e. The highest BCUT2D eigenvalue weighted by Crippen LogP contribution is 2.26. The fourth-order valence-corrected chi connectivity index (χ4v) is 2.41. The minimum atomic E-state index is -1.57. The maximum atomic E-state index is 13.1. The number of carbonyl (C=O) groups is 1. The van der Waals surface area contributed by atoms with Crippen LogP contribution in [-0.4, -0.2) is 11.9 Å². The third-order valence-electron chi connectivity index (χ3n) is 3.23. The van der Waals surface area contributed by atoms with E-state index in [2.05, 4.69) is 5.32 Å². The Kier molecular flexibility index (Phi) is 4.34. The van der Waals surface area contributed by atoms with Crippen molar-refractivity contribution in [2.45, 2.75) is 37.1 Å². The molecule has 2 nitrogen and oxygen atoms in total. The molecule has 0 heterocycles. The Morgan fingerprint density at radius 3 is 2.26 bits per heavy atom. The Hall–Kier alpha value is -1.23. The van der Waals surface area contributed by atoms with Crippen molar-refractivity contribution in [3.8, 4) is 0 Å². The van der Waals surface area contributed by atoms with Crippen LogP contribution in [0.3, 0.4) is 0 Å². The Balaban J connectivity index is 2.09. The van der Waals surface area contributed by atoms with Gasteiger partial charge >= 0.3 is 0 Å². The monoisotopic (exact) mass is 291 g/mol. The Labute approximate surface area is 113 Å². The van der Waals surface area contributed by atoms with Gasteiger partial charge in [-0.05, 0) is 30.5 Å². The van der Waals surface area contributed by atoms with Crippen LogP contribution >= 0.6 is 11.6 Å². The molecule has 1 amide bonds. The number of hydrogen-bond donors (Lipinski definition) is 1. The highest BCUT2D eigenvalue weighted by Gasteiger charge is 2.25. The third kappa shape index (κ3) is 3.21. The number of amides is 1. The standard InChI is InChI=1S/C13H13ClF3NO/c14-11(13(19)18-8-3-1-2-4-8)7-5-9(15)12(17)10(16)6-7/h5-6,8,11H,1-4H2,(H,18,19). The molecule has 0 saturated heterocycles. The highest BCUT2D eigenvalue weighted by molar-refractivity contribution is 6.30. The van der Waals surface area contributed by atoms with Crippen LogP contribution in [0.4, 0.5) is 13.2 Å². The molecule has 1 atom stereocenters. The van der Waals surface area contributed by atoms with E-state index in [1.54, 1.807) is 0 Å². The second-order valence-corrected chi connectivity index (χ2v) is 5.09. The van der Waals surface area contributed by atoms with Gasteiger partial charge in [0.05, 0.1) is 0 Å². The van der Waals surface area contributed by atoms with Gasteiger partial charge in [-0.25, -0.2) is 13.2 Å². The number of carbonyl (C=O) groups excluding carboxylic acids is 1. The molecule has 0 radical (unpaired) electrons. The molecule has 0 aliphatic heterocycles. The molecule has 6 heteroatoms. The first-order valence-corrected chi connectivity index (χ1v) is 6.51. The second-order valence-electron chi connectivity index (χ2n) is 4.65. The lowest BCUT2D eigenvalue weighted by Crippen LogP contribution is -2.35. The summed E-state index contributed by atoms with van der Waals surface area (Å²) < 4.78 is 38.9. The summed E-state index contributed by atoms with van der Waals surface area (Å²) in [7, 11) is 0. The lowest BCUT2D eigenvalue weighted by molar-refractivity contribution is -0.121. The SMILES string of the molecule is O=C(NC1CCCC1)C(Cl)c1cc(F)c(F)c(F)c1. The molecule has 0 spiro atoms. The van der Waals surface area contributed by atoms with Gasteiger partial charge in [-0.1, -0.05) is 12.8 Å². The molecule has 1 aromatic rings. The van der Waals surface area contributed by atoms with E-state index >= 15 is 0 Å². The van der Waals surface area contributed by atoms with E-state index in [-0.39, 0.29) is 11.6 Å². The smallest absolute Gasteiger partial charge is 0.242 e. The van der Waals surface area contributed by atoms with Crippen LogP contribution in [0.15, 0.2) is 12.1 Å². The first kappa shape index (κ1) is 14.2. The molecule has 104 valence electrons. The van der Waals surface area contributed by atoms with E-state index in [0.717, 1.165) is 37.8 Å². The van der Waals surface area contributed by atoms with Gasteiger partial charge in [0.1, 0.15) is 5.38 Å². The number of hydrogen-bond acceptors (Lipinski definition) is 1. The van der Waals surface area contributed by atoms with Crippen LogP contribution in [0.2, 0.25) is 0 Å². The summed E-state index contributed by atoms with van der Waals surface area (Å²) in [5.41, 5.74) is -0.0893. The van der Waals surface area contributed by atoms with Gasteiger partial charge in [0.2, 0.25) is 5.91 Å². The van der Waals surface area contributed by atoms with Gasteiger partial charge in [-0.15, -0.1) is 11.6 Å². The van der Waals surface area contributed by atoms with Crippen LogP contribution in [0.1, 0.15) is 36.6 Å². The zero-order chi connectivity index (χ0) is 14.0. The van der Waals surface area contributed by atoms with Gasteiger partial charge in [-0.3, -0.25) is 4.79 Å². The van der Waals surface area contributed by atoms with Crippen LogP contribution < -0.4 is 5.32 Å². The lowest BCUT2D eigenvalue weighted by atomic mass is 10.1. The topological polar surface area (TPSA) is 29.1 Å². The summed E-state index contributed by atoms with van der Waals surface area (Å²) >= 11 is 5.86. The summed E-state index contributed by atoms with van der Waals surface area (Å²) in [6.45, 7) is 0. The minimum absolute atomic E-state index is 0.0592. The van der Waals surface area contributed by atoms with Crippen molar-refractivity contribution in [1.82, 2.24) is 5.32 Å². The van der Waals surface area contributed by atoms with E-state index in [1.165, 1.54) is 0 Å². The van der Waals surface area contributed by atoms with Gasteiger partial charge in [0.25, 0.3) is 0 Å². The summed E-state index contributed by atoms with van der Waals surface area (Å²) in [6.07, 6.45) is 3.83. The van der Waals surface area contributed by atoms with E-state index in [1.807, 2.05) is 0 Å². The predicted molar refractivity (Wildman–Crippen MR) is 65.3 cm³/mol. The van der Waals surface area contributed by atoms with Gasteiger partial charge < -0.3 is 5.32 Å². The number of benzene rings is 1. The molecule has 1 aliphatic rings. The van der Waals surface area contributed by atoms with Crippen molar-refractivity contribution in [2.24, 2.45) is 0 Å². The molecule has 0 aromatic heterocycles. The molecular weight excluding hydrogens is 279 g/mol. The molecule has 1 N–H and O–H groups in total. The van der Waals surface area contributed by atoms with Crippen molar-refractivity contribution in [1.29, 1.82) is 0 Å². The van der Waals surface area contributed by atoms with E-state index in [0.29, 0.717) is 0 Å². The van der Waals surface area contributed by atoms with Crippen LogP contribution in [0.25, 0.3) is 0 Å². The fraction of sp³-hybridized carbons (Fsp3) is 0.462. The predicted octanol–water partition coefficient (Wildman–Crippen LogP) is 3.44. The molecule has 1 aliphatic carbocycles. The second kappa shape index (κ2) is 5.82. The van der Waals surface area contributed by atoms with Crippen molar-refractivity contribution in [3.63, 3.8) is 0 Å². The Morgan fingerprint density at radius 1 is 1.21 bits per heavy atom. The first-order valence-electron chi connectivity index (χ1n) is 6.08. The average Bonchev–Trinajstić information content (AvgIpc) is 2.87. The van der Waals surface area contributed by atoms with Crippen molar-refractivity contribution < 1.29 is 18.0 Å². The zero-order valence-electron chi connectivity index (χ0n) is 10.1. The number of halogens is 4. The van der Waals surface area contributed by atoms with E-state index in [4.69, 9.17) is 11.6 Å². The van der Waals surface area contributed by atoms with Gasteiger partial charge in [-0.2, -0.15) is 0 Å². The summed E-state index contributed by atoms with van der Waals surface area (Å²) in [5.74, 6) is -4.79. The molecular formula is C13H13ClF3NO. The average molecular weight is 292 g/mol. The third-order valence-corrected chi connectivity index (χ3v) is 3.68. The molecule has 1 aromatic carbocycles. The molecule has 1 fully saturated rings. The number of alkyl halides is 1. The van der Waals surface area contributed by atoms with Crippen LogP contribution in [0.5, 0.6) is 0 Å². The molecule has 1 unspecified atom stereocenters. The van der Waals surface area contributed by atoms with E-state index in [9.17, 15) is 18.0 Å². The normalized spacial score (nSPS) is 17.5. The van der Waals surface area contributed by atoms with Crippen molar-refractivity contribution in [2.75, 3.05) is 0 Å². The Morgan fingerprint density at radius 2 is 1.74 bits per heavy atom. The summed E-state index contributed by atoms with van der Waals surface area (Å²) in [4.78, 5) is 11.8. The van der Waals surface area contributed by atoms with Crippen LogP contribution in [0, 0.1) is 17.5 Å². The molecule has 0 bridgehead atoms. The number of rotatable bonds is 3. The summed E-state index contributed by atoms with van der Waals surface area (Å²) in [5, 5.41) is 1.49.